The average Bonchev–Trinajstić information content (AvgIpc) is 2.94. The van der Waals surface area contributed by atoms with E-state index in [1.165, 1.54) is 24.8 Å². The van der Waals surface area contributed by atoms with Gasteiger partial charge in [0.05, 0.1) is 0 Å². The summed E-state index contributed by atoms with van der Waals surface area (Å²) < 4.78 is 0. The molecule has 1 aromatic rings. The van der Waals surface area contributed by atoms with Crippen molar-refractivity contribution < 1.29 is 4.79 Å². The number of nitrogens with zero attached hydrogens (tertiary/aromatic N) is 3. The number of hydrogen-bond acceptors (Lipinski definition) is 3. The first-order chi connectivity index (χ1) is 11.6. The number of hydrogen-bond donors (Lipinski definition) is 0. The highest BCUT2D eigenvalue weighted by Gasteiger charge is 2.28. The number of rotatable bonds is 3. The van der Waals surface area contributed by atoms with Crippen molar-refractivity contribution in [2.24, 2.45) is 0 Å². The maximum absolute atomic E-state index is 12.8. The van der Waals surface area contributed by atoms with Crippen LogP contribution in [0.1, 0.15) is 44.6 Å². The quantitative estimate of drug-likeness (QED) is 0.630. The molecule has 1 atom stereocenters. The van der Waals surface area contributed by atoms with E-state index >= 15 is 0 Å². The molecule has 1 amide bonds. The van der Waals surface area contributed by atoms with E-state index < -0.39 is 0 Å². The second-order valence-corrected chi connectivity index (χ2v) is 6.95. The lowest BCUT2D eigenvalue weighted by atomic mass is 9.94. The molecule has 1 fully saturated rings. The summed E-state index contributed by atoms with van der Waals surface area (Å²) in [5.74, 6) is -0.152. The molecular formula is C20H25N3O. The Balaban J connectivity index is 1.82. The van der Waals surface area contributed by atoms with Gasteiger partial charge in [0.15, 0.2) is 0 Å². The Bertz CT molecular complexity index is 682. The average molecular weight is 323 g/mol. The van der Waals surface area contributed by atoms with Gasteiger partial charge in [0, 0.05) is 31.0 Å². The van der Waals surface area contributed by atoms with Crippen molar-refractivity contribution in [3.63, 3.8) is 0 Å². The van der Waals surface area contributed by atoms with E-state index in [9.17, 15) is 10.1 Å². The number of carbonyl (C=O) groups is 1. The fraction of sp³-hybridized carbons (Fsp3) is 0.500. The third kappa shape index (κ3) is 3.17. The van der Waals surface area contributed by atoms with Crippen LogP contribution in [0.25, 0.3) is 0 Å². The van der Waals surface area contributed by atoms with Crippen molar-refractivity contribution in [3.8, 4) is 6.07 Å². The minimum absolute atomic E-state index is 0.152. The number of amides is 1. The van der Waals surface area contributed by atoms with Crippen LogP contribution in [0.15, 0.2) is 36.0 Å². The van der Waals surface area contributed by atoms with Gasteiger partial charge in [-0.15, -0.1) is 0 Å². The summed E-state index contributed by atoms with van der Waals surface area (Å²) in [6.07, 6.45) is 8.38. The highest BCUT2D eigenvalue weighted by molar-refractivity contribution is 5.97. The maximum atomic E-state index is 12.8. The van der Waals surface area contributed by atoms with Crippen LogP contribution in [-0.2, 0) is 11.2 Å². The molecule has 0 spiro atoms. The summed E-state index contributed by atoms with van der Waals surface area (Å²) in [4.78, 5) is 16.6. The van der Waals surface area contributed by atoms with Gasteiger partial charge in [0.2, 0.25) is 0 Å². The van der Waals surface area contributed by atoms with Gasteiger partial charge in [0.25, 0.3) is 5.91 Å². The number of nitriles is 1. The van der Waals surface area contributed by atoms with Crippen molar-refractivity contribution in [3.05, 3.63) is 41.6 Å². The van der Waals surface area contributed by atoms with Crippen LogP contribution in [0, 0.1) is 11.3 Å². The fourth-order valence-corrected chi connectivity index (χ4v) is 3.88. The number of benzene rings is 1. The molecule has 3 rings (SSSR count). The fourth-order valence-electron chi connectivity index (χ4n) is 3.88. The van der Waals surface area contributed by atoms with E-state index in [-0.39, 0.29) is 23.6 Å². The molecule has 2 aliphatic rings. The van der Waals surface area contributed by atoms with Gasteiger partial charge >= 0.3 is 0 Å². The molecule has 126 valence electrons. The number of carbonyl (C=O) groups excluding carboxylic acids is 1. The molecule has 0 bridgehead atoms. The third-order valence-electron chi connectivity index (χ3n) is 5.32. The molecule has 1 heterocycles. The Morgan fingerprint density at radius 3 is 2.71 bits per heavy atom. The Hall–Kier alpha value is -2.28. The summed E-state index contributed by atoms with van der Waals surface area (Å²) in [5, 5.41) is 9.55. The lowest BCUT2D eigenvalue weighted by Crippen LogP contribution is -2.39. The van der Waals surface area contributed by atoms with Gasteiger partial charge in [-0.2, -0.15) is 5.26 Å². The van der Waals surface area contributed by atoms with Crippen LogP contribution in [0.5, 0.6) is 0 Å². The summed E-state index contributed by atoms with van der Waals surface area (Å²) in [6, 6.07) is 10.9. The zero-order valence-electron chi connectivity index (χ0n) is 14.5. The number of anilines is 1. The van der Waals surface area contributed by atoms with E-state index in [0.717, 1.165) is 24.9 Å². The summed E-state index contributed by atoms with van der Waals surface area (Å²) in [6.45, 7) is 2.13. The highest BCUT2D eigenvalue weighted by atomic mass is 16.2. The minimum atomic E-state index is -0.152. The highest BCUT2D eigenvalue weighted by Crippen LogP contribution is 2.32. The zero-order chi connectivity index (χ0) is 17.1. The van der Waals surface area contributed by atoms with E-state index in [1.807, 2.05) is 19.2 Å². The Morgan fingerprint density at radius 1 is 1.29 bits per heavy atom. The molecule has 0 N–H and O–H groups in total. The summed E-state index contributed by atoms with van der Waals surface area (Å²) in [7, 11) is 1.84. The smallest absolute Gasteiger partial charge is 0.266 e. The molecule has 24 heavy (non-hydrogen) atoms. The molecule has 4 heteroatoms. The molecule has 0 aromatic heterocycles. The van der Waals surface area contributed by atoms with E-state index in [2.05, 4.69) is 30.0 Å². The lowest BCUT2D eigenvalue weighted by molar-refractivity contribution is -0.128. The predicted octanol–water partition coefficient (Wildman–Crippen LogP) is 3.64. The van der Waals surface area contributed by atoms with Crippen LogP contribution in [0.2, 0.25) is 0 Å². The Kier molecular flexibility index (Phi) is 4.89. The first-order valence-corrected chi connectivity index (χ1v) is 8.87. The van der Waals surface area contributed by atoms with Crippen molar-refractivity contribution in [2.75, 3.05) is 11.9 Å². The maximum Gasteiger partial charge on any atom is 0.266 e. The summed E-state index contributed by atoms with van der Waals surface area (Å²) >= 11 is 0. The minimum Gasteiger partial charge on any atom is -0.343 e. The second kappa shape index (κ2) is 7.09. The molecular weight excluding hydrogens is 298 g/mol. The van der Waals surface area contributed by atoms with Crippen LogP contribution in [0.3, 0.4) is 0 Å². The van der Waals surface area contributed by atoms with E-state index in [4.69, 9.17) is 0 Å². The van der Waals surface area contributed by atoms with Crippen LogP contribution < -0.4 is 4.90 Å². The van der Waals surface area contributed by atoms with Crippen LogP contribution >= 0.6 is 0 Å². The normalized spacial score (nSPS) is 21.3. The largest absolute Gasteiger partial charge is 0.343 e. The predicted molar refractivity (Wildman–Crippen MR) is 95.4 cm³/mol. The van der Waals surface area contributed by atoms with Crippen molar-refractivity contribution >= 4 is 11.6 Å². The number of para-hydroxylation sites is 1. The molecule has 4 nitrogen and oxygen atoms in total. The van der Waals surface area contributed by atoms with Gasteiger partial charge in [-0.3, -0.25) is 4.79 Å². The molecule has 1 unspecified atom stereocenters. The first-order valence-electron chi connectivity index (χ1n) is 8.87. The Labute approximate surface area is 144 Å². The lowest BCUT2D eigenvalue weighted by Gasteiger charge is -2.31. The molecule has 0 saturated heterocycles. The Morgan fingerprint density at radius 2 is 2.00 bits per heavy atom. The molecule has 0 radical (unpaired) electrons. The first kappa shape index (κ1) is 16.6. The van der Waals surface area contributed by atoms with E-state index in [0.29, 0.717) is 0 Å². The molecule has 1 aliphatic carbocycles. The van der Waals surface area contributed by atoms with Crippen molar-refractivity contribution in [1.29, 1.82) is 5.26 Å². The van der Waals surface area contributed by atoms with Crippen LogP contribution in [-0.4, -0.2) is 29.9 Å². The number of fused-ring (bicyclic) bond motifs is 1. The molecule has 1 aliphatic heterocycles. The standard InChI is InChI=1S/C20H25N3O/c1-15-12-16-8-6-7-11-19(16)23(15)14-17(13-21)20(24)22(2)18-9-4-3-5-10-18/h6-8,11,14-15,18H,3-5,9-10,12H2,1-2H3/b17-14-. The van der Waals surface area contributed by atoms with Gasteiger partial charge in [-0.25, -0.2) is 0 Å². The van der Waals surface area contributed by atoms with Crippen LogP contribution in [0.4, 0.5) is 5.69 Å². The van der Waals surface area contributed by atoms with Crippen molar-refractivity contribution in [2.45, 2.75) is 57.5 Å². The molecule has 1 aromatic carbocycles. The second-order valence-electron chi connectivity index (χ2n) is 6.95. The van der Waals surface area contributed by atoms with Gasteiger partial charge in [-0.1, -0.05) is 37.5 Å². The SMILES string of the molecule is CC1Cc2ccccc2N1/C=C(/C#N)C(=O)N(C)C1CCCCC1. The topological polar surface area (TPSA) is 47.3 Å². The summed E-state index contributed by atoms with van der Waals surface area (Å²) in [5.41, 5.74) is 2.60. The van der Waals surface area contributed by atoms with Gasteiger partial charge < -0.3 is 9.80 Å². The third-order valence-corrected chi connectivity index (χ3v) is 5.32. The van der Waals surface area contributed by atoms with Crippen molar-refractivity contribution in [1.82, 2.24) is 4.90 Å². The van der Waals surface area contributed by atoms with E-state index in [1.54, 1.807) is 11.1 Å². The molecule has 1 saturated carbocycles. The number of likely N-dealkylation sites (N-methyl/N-ethyl adjacent to an activating group) is 1. The van der Waals surface area contributed by atoms with Gasteiger partial charge in [0.1, 0.15) is 11.6 Å². The van der Waals surface area contributed by atoms with Gasteiger partial charge in [-0.05, 0) is 37.8 Å². The monoisotopic (exact) mass is 323 g/mol. The zero-order valence-corrected chi connectivity index (χ0v) is 14.5.